The number of nitrogens with zero attached hydrogens (tertiary/aromatic N) is 2. The number of amides is 1. The Morgan fingerprint density at radius 1 is 1.41 bits per heavy atom. The van der Waals surface area contributed by atoms with Crippen LogP contribution in [0.25, 0.3) is 0 Å². The predicted octanol–water partition coefficient (Wildman–Crippen LogP) is 1.77. The van der Waals surface area contributed by atoms with Gasteiger partial charge in [0.05, 0.1) is 12.2 Å². The minimum absolute atomic E-state index is 0. The molecule has 2 aromatic heterocycles. The van der Waals surface area contributed by atoms with E-state index in [0.717, 1.165) is 43.7 Å². The smallest absolute Gasteiger partial charge is 0.251 e. The number of hydrogen-bond acceptors (Lipinski definition) is 5. The monoisotopic (exact) mass is 392 g/mol. The molecule has 0 saturated carbocycles. The van der Waals surface area contributed by atoms with E-state index in [1.807, 2.05) is 12.1 Å². The zero-order valence-electron chi connectivity index (χ0n) is 15.3. The number of rotatable bonds is 5. The molecule has 7 nitrogen and oxygen atoms in total. The van der Waals surface area contributed by atoms with E-state index in [4.69, 9.17) is 4.52 Å². The summed E-state index contributed by atoms with van der Waals surface area (Å²) in [5.74, 6) is 0.905. The van der Waals surface area contributed by atoms with Crippen molar-refractivity contribution in [3.8, 4) is 0 Å². The molecule has 146 valence electrons. The number of piperidine rings is 1. The van der Waals surface area contributed by atoms with Gasteiger partial charge in [-0.3, -0.25) is 14.2 Å². The summed E-state index contributed by atoms with van der Waals surface area (Å²) in [6.07, 6.45) is 2.78. The Kier molecular flexibility index (Phi) is 6.01. The van der Waals surface area contributed by atoms with Gasteiger partial charge in [-0.1, -0.05) is 24.6 Å². The van der Waals surface area contributed by atoms with Crippen LogP contribution in [0.3, 0.4) is 0 Å². The number of aromatic nitrogens is 2. The fourth-order valence-electron chi connectivity index (χ4n) is 4.22. The van der Waals surface area contributed by atoms with Gasteiger partial charge in [-0.05, 0) is 18.9 Å². The van der Waals surface area contributed by atoms with Crippen molar-refractivity contribution in [3.63, 3.8) is 0 Å². The number of halogens is 1. The molecule has 2 aliphatic rings. The number of hydrogen-bond donors (Lipinski definition) is 2. The minimum atomic E-state index is -0.485. The topological polar surface area (TPSA) is 89.2 Å². The predicted molar refractivity (Wildman–Crippen MR) is 103 cm³/mol. The molecular formula is C19H25ClN4O3. The summed E-state index contributed by atoms with van der Waals surface area (Å²) in [6.45, 7) is 3.97. The lowest BCUT2D eigenvalue weighted by Gasteiger charge is -2.42. The standard InChI is InChI=1S/C19H24N4O3.ClH/c1-2-4-14-8-15(26-22-14)11-21-19(25)18-13-7-12(9-20-10-13)16-5-3-6-17(24)23(16)18;/h3,5-6,8,12-13,18,20H,2,4,7,9-11H2,1H3,(H,21,25);1H/t12-,13+,18-;/m1./s1. The van der Waals surface area contributed by atoms with Crippen LogP contribution in [0, 0.1) is 5.92 Å². The SMILES string of the molecule is CCCc1cc(CNC(=O)[C@H]2[C@@H]3CNC[C@@H](C3)c3cccc(=O)n32)on1.Cl. The highest BCUT2D eigenvalue weighted by molar-refractivity contribution is 5.85. The molecule has 1 fully saturated rings. The van der Waals surface area contributed by atoms with E-state index in [0.29, 0.717) is 5.76 Å². The Hall–Kier alpha value is -2.12. The third-order valence-corrected chi connectivity index (χ3v) is 5.37. The molecule has 0 unspecified atom stereocenters. The first-order valence-corrected chi connectivity index (χ1v) is 9.31. The van der Waals surface area contributed by atoms with Crippen LogP contribution in [0.2, 0.25) is 0 Å². The van der Waals surface area contributed by atoms with Crippen LogP contribution in [-0.4, -0.2) is 28.7 Å². The lowest BCUT2D eigenvalue weighted by atomic mass is 9.79. The molecule has 0 spiro atoms. The highest BCUT2D eigenvalue weighted by Gasteiger charge is 2.41. The van der Waals surface area contributed by atoms with Crippen LogP contribution in [0.4, 0.5) is 0 Å². The fourth-order valence-corrected chi connectivity index (χ4v) is 4.22. The van der Waals surface area contributed by atoms with Crippen molar-refractivity contribution >= 4 is 18.3 Å². The molecule has 8 heteroatoms. The summed E-state index contributed by atoms with van der Waals surface area (Å²) in [5.41, 5.74) is 1.74. The Morgan fingerprint density at radius 2 is 2.26 bits per heavy atom. The van der Waals surface area contributed by atoms with Gasteiger partial charge in [-0.15, -0.1) is 12.4 Å². The first-order valence-electron chi connectivity index (χ1n) is 9.31. The third kappa shape index (κ3) is 3.80. The zero-order valence-corrected chi connectivity index (χ0v) is 16.1. The Morgan fingerprint density at radius 3 is 3.07 bits per heavy atom. The summed E-state index contributed by atoms with van der Waals surface area (Å²) in [4.78, 5) is 25.5. The van der Waals surface area contributed by atoms with Crippen LogP contribution in [0.1, 0.15) is 48.9 Å². The summed E-state index contributed by atoms with van der Waals surface area (Å²) in [6, 6.07) is 6.67. The number of carbonyl (C=O) groups is 1. The Balaban J connectivity index is 0.00000210. The average Bonchev–Trinajstić information content (AvgIpc) is 3.09. The van der Waals surface area contributed by atoms with Crippen molar-refractivity contribution in [1.82, 2.24) is 20.4 Å². The molecule has 0 radical (unpaired) electrons. The number of fused-ring (bicyclic) bond motifs is 4. The Labute approximate surface area is 163 Å². The molecule has 2 aliphatic heterocycles. The van der Waals surface area contributed by atoms with Gasteiger partial charge in [0, 0.05) is 42.8 Å². The molecule has 0 aliphatic carbocycles. The molecule has 2 N–H and O–H groups in total. The zero-order chi connectivity index (χ0) is 18.1. The highest BCUT2D eigenvalue weighted by Crippen LogP contribution is 2.38. The molecule has 1 amide bonds. The van der Waals surface area contributed by atoms with Crippen LogP contribution in [0.5, 0.6) is 0 Å². The van der Waals surface area contributed by atoms with Gasteiger partial charge < -0.3 is 15.2 Å². The van der Waals surface area contributed by atoms with E-state index < -0.39 is 6.04 Å². The van der Waals surface area contributed by atoms with E-state index >= 15 is 0 Å². The van der Waals surface area contributed by atoms with Gasteiger partial charge in [-0.25, -0.2) is 0 Å². The van der Waals surface area contributed by atoms with Crippen molar-refractivity contribution in [3.05, 3.63) is 51.8 Å². The molecule has 3 atom stereocenters. The van der Waals surface area contributed by atoms with Crippen LogP contribution < -0.4 is 16.2 Å². The summed E-state index contributed by atoms with van der Waals surface area (Å²) in [7, 11) is 0. The molecular weight excluding hydrogens is 368 g/mol. The first-order chi connectivity index (χ1) is 12.7. The van der Waals surface area contributed by atoms with Gasteiger partial charge in [0.15, 0.2) is 5.76 Å². The second-order valence-corrected chi connectivity index (χ2v) is 7.21. The highest BCUT2D eigenvalue weighted by atomic mass is 35.5. The van der Waals surface area contributed by atoms with Crippen molar-refractivity contribution in [2.45, 2.75) is 44.7 Å². The van der Waals surface area contributed by atoms with Gasteiger partial charge >= 0.3 is 0 Å². The molecule has 2 aromatic rings. The van der Waals surface area contributed by atoms with Crippen LogP contribution >= 0.6 is 12.4 Å². The van der Waals surface area contributed by atoms with Crippen molar-refractivity contribution in [2.24, 2.45) is 5.92 Å². The summed E-state index contributed by atoms with van der Waals surface area (Å²) < 4.78 is 6.98. The summed E-state index contributed by atoms with van der Waals surface area (Å²) >= 11 is 0. The van der Waals surface area contributed by atoms with Crippen molar-refractivity contribution in [1.29, 1.82) is 0 Å². The lowest BCUT2D eigenvalue weighted by molar-refractivity contribution is -0.127. The van der Waals surface area contributed by atoms with Crippen molar-refractivity contribution < 1.29 is 9.32 Å². The van der Waals surface area contributed by atoms with Gasteiger partial charge in [0.25, 0.3) is 5.56 Å². The first kappa shape index (κ1) is 19.6. The molecule has 4 rings (SSSR count). The molecule has 1 saturated heterocycles. The molecule has 27 heavy (non-hydrogen) atoms. The van der Waals surface area contributed by atoms with Gasteiger partial charge in [0.2, 0.25) is 5.91 Å². The van der Waals surface area contributed by atoms with E-state index in [2.05, 4.69) is 22.7 Å². The quantitative estimate of drug-likeness (QED) is 0.809. The average molecular weight is 393 g/mol. The molecule has 2 bridgehead atoms. The third-order valence-electron chi connectivity index (χ3n) is 5.37. The largest absolute Gasteiger partial charge is 0.359 e. The maximum Gasteiger partial charge on any atom is 0.251 e. The van der Waals surface area contributed by atoms with E-state index in [1.165, 1.54) is 6.07 Å². The number of nitrogens with one attached hydrogen (secondary N) is 2. The number of carbonyl (C=O) groups excluding carboxylic acids is 1. The second kappa shape index (κ2) is 8.27. The molecule has 0 aromatic carbocycles. The van der Waals surface area contributed by atoms with Gasteiger partial charge in [0.1, 0.15) is 6.04 Å². The van der Waals surface area contributed by atoms with Crippen LogP contribution in [0.15, 0.2) is 33.6 Å². The minimum Gasteiger partial charge on any atom is -0.359 e. The maximum atomic E-state index is 13.0. The second-order valence-electron chi connectivity index (χ2n) is 7.21. The summed E-state index contributed by atoms with van der Waals surface area (Å²) in [5, 5.41) is 10.3. The van der Waals surface area contributed by atoms with Gasteiger partial charge in [-0.2, -0.15) is 0 Å². The number of pyridine rings is 1. The van der Waals surface area contributed by atoms with E-state index in [-0.39, 0.29) is 42.3 Å². The maximum absolute atomic E-state index is 13.0. The van der Waals surface area contributed by atoms with E-state index in [9.17, 15) is 9.59 Å². The number of aryl methyl sites for hydroxylation is 1. The molecule has 4 heterocycles. The fraction of sp³-hybridized carbons (Fsp3) is 0.526. The van der Waals surface area contributed by atoms with E-state index in [1.54, 1.807) is 10.6 Å². The van der Waals surface area contributed by atoms with Crippen molar-refractivity contribution in [2.75, 3.05) is 13.1 Å². The Bertz CT molecular complexity index is 863. The lowest BCUT2D eigenvalue weighted by Crippen LogP contribution is -2.52. The van der Waals surface area contributed by atoms with Crippen LogP contribution in [-0.2, 0) is 17.8 Å². The normalized spacial score (nSPS) is 23.2.